The molecule has 1 heterocycles. The summed E-state index contributed by atoms with van der Waals surface area (Å²) in [7, 11) is 0. The summed E-state index contributed by atoms with van der Waals surface area (Å²) in [6, 6.07) is 6.48. The molecule has 3 amide bonds. The van der Waals surface area contributed by atoms with E-state index in [1.807, 2.05) is 38.1 Å². The van der Waals surface area contributed by atoms with Gasteiger partial charge in [-0.2, -0.15) is 0 Å². The smallest absolute Gasteiger partial charge is 0.312 e. The standard InChI is InChI=1S/C17H25ClN4O2/c1-12(2)11-14(20-17(19)24)16(23)22-9-7-21(8-10-22)15-6-4-3-5-13(15)18/h3-6,12,14H,7-11H2,1-2H3,(H3,19,20,24)/t14-/m1/s1. The average molecular weight is 353 g/mol. The predicted molar refractivity (Wildman–Crippen MR) is 96.2 cm³/mol. The summed E-state index contributed by atoms with van der Waals surface area (Å²) >= 11 is 6.24. The lowest BCUT2D eigenvalue weighted by atomic mass is 10.0. The number of primary amides is 1. The first-order chi connectivity index (χ1) is 11.4. The number of nitrogens with one attached hydrogen (secondary N) is 1. The molecule has 0 unspecified atom stereocenters. The summed E-state index contributed by atoms with van der Waals surface area (Å²) in [5, 5.41) is 3.29. The number of hydrogen-bond acceptors (Lipinski definition) is 3. The van der Waals surface area contributed by atoms with E-state index < -0.39 is 12.1 Å². The van der Waals surface area contributed by atoms with Crippen LogP contribution in [0.2, 0.25) is 5.02 Å². The second kappa shape index (κ2) is 8.24. The molecule has 0 radical (unpaired) electrons. The second-order valence-corrected chi connectivity index (χ2v) is 6.86. The molecule has 6 nitrogen and oxygen atoms in total. The van der Waals surface area contributed by atoms with E-state index in [0.717, 1.165) is 5.69 Å². The number of amides is 3. The largest absolute Gasteiger partial charge is 0.367 e. The van der Waals surface area contributed by atoms with Gasteiger partial charge in [0.25, 0.3) is 0 Å². The second-order valence-electron chi connectivity index (χ2n) is 6.45. The van der Waals surface area contributed by atoms with Crippen molar-refractivity contribution in [2.75, 3.05) is 31.1 Å². The minimum atomic E-state index is -0.663. The highest BCUT2D eigenvalue weighted by Gasteiger charge is 2.29. The van der Waals surface area contributed by atoms with Gasteiger partial charge in [-0.25, -0.2) is 4.79 Å². The van der Waals surface area contributed by atoms with Gasteiger partial charge in [-0.05, 0) is 24.5 Å². The predicted octanol–water partition coefficient (Wildman–Crippen LogP) is 2.07. The summed E-state index contributed by atoms with van der Waals surface area (Å²) in [4.78, 5) is 27.8. The van der Waals surface area contributed by atoms with Crippen molar-refractivity contribution in [3.8, 4) is 0 Å². The molecule has 1 aliphatic rings. The van der Waals surface area contributed by atoms with Crippen LogP contribution in [0.3, 0.4) is 0 Å². The van der Waals surface area contributed by atoms with Gasteiger partial charge >= 0.3 is 6.03 Å². The monoisotopic (exact) mass is 352 g/mol. The number of urea groups is 1. The van der Waals surface area contributed by atoms with Crippen LogP contribution in [-0.2, 0) is 4.79 Å². The molecule has 1 atom stereocenters. The molecule has 7 heteroatoms. The Kier molecular flexibility index (Phi) is 6.31. The fraction of sp³-hybridized carbons (Fsp3) is 0.529. The van der Waals surface area contributed by atoms with E-state index in [1.165, 1.54) is 0 Å². The van der Waals surface area contributed by atoms with Crippen LogP contribution >= 0.6 is 11.6 Å². The van der Waals surface area contributed by atoms with Crippen LogP contribution in [-0.4, -0.2) is 49.1 Å². The summed E-state index contributed by atoms with van der Waals surface area (Å²) in [5.74, 6) is 0.219. The zero-order valence-corrected chi connectivity index (χ0v) is 14.9. The molecule has 0 spiro atoms. The molecule has 2 rings (SSSR count). The van der Waals surface area contributed by atoms with Gasteiger partial charge in [0.2, 0.25) is 5.91 Å². The molecule has 3 N–H and O–H groups in total. The van der Waals surface area contributed by atoms with Crippen LogP contribution in [0.15, 0.2) is 24.3 Å². The number of hydrogen-bond donors (Lipinski definition) is 2. The van der Waals surface area contributed by atoms with E-state index in [1.54, 1.807) is 4.90 Å². The molecule has 0 saturated carbocycles. The van der Waals surface area contributed by atoms with Crippen molar-refractivity contribution in [1.29, 1.82) is 0 Å². The molecular formula is C17H25ClN4O2. The molecule has 132 valence electrons. The van der Waals surface area contributed by atoms with Crippen molar-refractivity contribution in [3.63, 3.8) is 0 Å². The highest BCUT2D eigenvalue weighted by atomic mass is 35.5. The van der Waals surface area contributed by atoms with E-state index >= 15 is 0 Å². The lowest BCUT2D eigenvalue weighted by molar-refractivity contribution is -0.133. The van der Waals surface area contributed by atoms with Crippen LogP contribution in [0.5, 0.6) is 0 Å². The van der Waals surface area contributed by atoms with Gasteiger partial charge < -0.3 is 20.9 Å². The SMILES string of the molecule is CC(C)C[C@@H](NC(N)=O)C(=O)N1CCN(c2ccccc2Cl)CC1. The van der Waals surface area contributed by atoms with Gasteiger partial charge in [0.15, 0.2) is 0 Å². The minimum Gasteiger partial charge on any atom is -0.367 e. The van der Waals surface area contributed by atoms with E-state index in [2.05, 4.69) is 10.2 Å². The van der Waals surface area contributed by atoms with Crippen molar-refractivity contribution in [1.82, 2.24) is 10.2 Å². The zero-order valence-electron chi connectivity index (χ0n) is 14.2. The summed E-state index contributed by atoms with van der Waals surface area (Å²) < 4.78 is 0. The van der Waals surface area contributed by atoms with Gasteiger partial charge in [-0.3, -0.25) is 4.79 Å². The van der Waals surface area contributed by atoms with Crippen molar-refractivity contribution in [3.05, 3.63) is 29.3 Å². The van der Waals surface area contributed by atoms with E-state index in [-0.39, 0.29) is 11.8 Å². The number of nitrogens with zero attached hydrogens (tertiary/aromatic N) is 2. The van der Waals surface area contributed by atoms with E-state index in [9.17, 15) is 9.59 Å². The number of piperazine rings is 1. The first kappa shape index (κ1) is 18.4. The van der Waals surface area contributed by atoms with Crippen LogP contribution < -0.4 is 16.0 Å². The Hall–Kier alpha value is -1.95. The lowest BCUT2D eigenvalue weighted by Gasteiger charge is -2.38. The fourth-order valence-corrected chi connectivity index (χ4v) is 3.22. The normalized spacial score (nSPS) is 16.2. The molecule has 1 saturated heterocycles. The highest BCUT2D eigenvalue weighted by molar-refractivity contribution is 6.33. The van der Waals surface area contributed by atoms with Gasteiger partial charge in [-0.1, -0.05) is 37.6 Å². The maximum atomic E-state index is 12.7. The topological polar surface area (TPSA) is 78.7 Å². The van der Waals surface area contributed by atoms with Crippen LogP contribution in [0.1, 0.15) is 20.3 Å². The van der Waals surface area contributed by atoms with Gasteiger partial charge in [0, 0.05) is 26.2 Å². The Bertz CT molecular complexity index is 586. The first-order valence-corrected chi connectivity index (χ1v) is 8.60. The maximum Gasteiger partial charge on any atom is 0.312 e. The molecule has 1 aromatic carbocycles. The number of nitrogens with two attached hydrogens (primary N) is 1. The third kappa shape index (κ3) is 4.77. The summed E-state index contributed by atoms with van der Waals surface area (Å²) in [6.07, 6.45) is 0.576. The Morgan fingerprint density at radius 3 is 2.38 bits per heavy atom. The van der Waals surface area contributed by atoms with Crippen molar-refractivity contribution >= 4 is 29.2 Å². The molecule has 0 aromatic heterocycles. The van der Waals surface area contributed by atoms with Crippen LogP contribution in [0, 0.1) is 5.92 Å². The van der Waals surface area contributed by atoms with Crippen LogP contribution in [0.25, 0.3) is 0 Å². The van der Waals surface area contributed by atoms with Gasteiger partial charge in [-0.15, -0.1) is 0 Å². The van der Waals surface area contributed by atoms with Crippen molar-refractivity contribution < 1.29 is 9.59 Å². The lowest BCUT2D eigenvalue weighted by Crippen LogP contribution is -2.56. The number of carbonyl (C=O) groups excluding carboxylic acids is 2. The minimum absolute atomic E-state index is 0.0682. The Balaban J connectivity index is 1.98. The number of rotatable bonds is 5. The van der Waals surface area contributed by atoms with Crippen molar-refractivity contribution in [2.45, 2.75) is 26.3 Å². The van der Waals surface area contributed by atoms with Gasteiger partial charge in [0.1, 0.15) is 6.04 Å². The van der Waals surface area contributed by atoms with Crippen LogP contribution in [0.4, 0.5) is 10.5 Å². The molecule has 1 fully saturated rings. The number of para-hydroxylation sites is 1. The molecule has 1 aromatic rings. The summed E-state index contributed by atoms with van der Waals surface area (Å²) in [6.45, 7) is 6.63. The molecule has 0 bridgehead atoms. The number of anilines is 1. The number of halogens is 1. The Labute approximate surface area is 147 Å². The Morgan fingerprint density at radius 1 is 1.21 bits per heavy atom. The first-order valence-electron chi connectivity index (χ1n) is 8.22. The maximum absolute atomic E-state index is 12.7. The number of benzene rings is 1. The molecule has 1 aliphatic heterocycles. The molecule has 24 heavy (non-hydrogen) atoms. The Morgan fingerprint density at radius 2 is 1.83 bits per heavy atom. The van der Waals surface area contributed by atoms with E-state index in [0.29, 0.717) is 37.6 Å². The van der Waals surface area contributed by atoms with Gasteiger partial charge in [0.05, 0.1) is 10.7 Å². The van der Waals surface area contributed by atoms with Crippen molar-refractivity contribution in [2.24, 2.45) is 11.7 Å². The third-order valence-corrected chi connectivity index (χ3v) is 4.43. The average Bonchev–Trinajstić information content (AvgIpc) is 2.53. The third-order valence-electron chi connectivity index (χ3n) is 4.11. The quantitative estimate of drug-likeness (QED) is 0.851. The highest BCUT2D eigenvalue weighted by Crippen LogP contribution is 2.26. The zero-order chi connectivity index (χ0) is 17.7. The molecular weight excluding hydrogens is 328 g/mol. The number of carbonyl (C=O) groups is 2. The van der Waals surface area contributed by atoms with E-state index in [4.69, 9.17) is 17.3 Å². The summed E-state index contributed by atoms with van der Waals surface area (Å²) in [5.41, 5.74) is 6.19. The fourth-order valence-electron chi connectivity index (χ4n) is 2.96. The molecule has 0 aliphatic carbocycles.